The lowest BCUT2D eigenvalue weighted by molar-refractivity contribution is -0.0446. The van der Waals surface area contributed by atoms with Gasteiger partial charge in [0, 0.05) is 32.4 Å². The fraction of sp³-hybridized carbons (Fsp3) is 0.560. The Morgan fingerprint density at radius 3 is 2.69 bits per heavy atom. The molecular formula is C25H30F3N5O2. The van der Waals surface area contributed by atoms with Gasteiger partial charge in [-0.2, -0.15) is 5.10 Å². The number of alkyl halides is 2. The van der Waals surface area contributed by atoms with Crippen molar-refractivity contribution in [1.29, 1.82) is 0 Å². The van der Waals surface area contributed by atoms with E-state index in [9.17, 15) is 18.0 Å². The van der Waals surface area contributed by atoms with Gasteiger partial charge in [-0.1, -0.05) is 6.07 Å². The van der Waals surface area contributed by atoms with E-state index in [1.165, 1.54) is 18.3 Å². The van der Waals surface area contributed by atoms with E-state index < -0.39 is 5.92 Å². The lowest BCUT2D eigenvalue weighted by Crippen LogP contribution is -2.36. The minimum absolute atomic E-state index is 0.202. The molecule has 35 heavy (non-hydrogen) atoms. The summed E-state index contributed by atoms with van der Waals surface area (Å²) in [5, 5.41) is 4.64. The predicted molar refractivity (Wildman–Crippen MR) is 125 cm³/mol. The van der Waals surface area contributed by atoms with E-state index in [1.807, 2.05) is 0 Å². The van der Waals surface area contributed by atoms with Gasteiger partial charge in [-0.15, -0.1) is 0 Å². The average molecular weight is 490 g/mol. The third-order valence-electron chi connectivity index (χ3n) is 7.10. The number of benzene rings is 1. The molecule has 0 unspecified atom stereocenters. The molecule has 7 nitrogen and oxygen atoms in total. The van der Waals surface area contributed by atoms with Crippen LogP contribution in [-0.4, -0.2) is 63.4 Å². The van der Waals surface area contributed by atoms with Gasteiger partial charge in [0.15, 0.2) is 5.65 Å². The van der Waals surface area contributed by atoms with Crippen LogP contribution in [0.1, 0.15) is 55.1 Å². The number of morpholine rings is 1. The van der Waals surface area contributed by atoms with E-state index in [4.69, 9.17) is 4.74 Å². The molecule has 1 aliphatic carbocycles. The second-order valence-electron chi connectivity index (χ2n) is 9.57. The lowest BCUT2D eigenvalue weighted by atomic mass is 9.92. The molecule has 1 aromatic carbocycles. The lowest BCUT2D eigenvalue weighted by Gasteiger charge is -2.28. The van der Waals surface area contributed by atoms with Gasteiger partial charge < -0.3 is 9.72 Å². The van der Waals surface area contributed by atoms with Crippen LogP contribution in [0.5, 0.6) is 0 Å². The second-order valence-corrected chi connectivity index (χ2v) is 9.57. The number of aromatic amines is 1. The van der Waals surface area contributed by atoms with Crippen LogP contribution in [0.3, 0.4) is 0 Å². The third kappa shape index (κ3) is 5.59. The molecule has 2 aromatic heterocycles. The maximum absolute atomic E-state index is 14.1. The smallest absolute Gasteiger partial charge is 0.262 e. The predicted octanol–water partition coefficient (Wildman–Crippen LogP) is 3.86. The highest BCUT2D eigenvalue weighted by atomic mass is 19.3. The van der Waals surface area contributed by atoms with Gasteiger partial charge in [0.05, 0.1) is 25.5 Å². The highest BCUT2D eigenvalue weighted by Gasteiger charge is 2.36. The molecule has 0 atom stereocenters. The van der Waals surface area contributed by atoms with Gasteiger partial charge in [0.2, 0.25) is 5.92 Å². The number of hydrogen-bond donors (Lipinski definition) is 1. The van der Waals surface area contributed by atoms with Crippen molar-refractivity contribution in [2.24, 2.45) is 0 Å². The average Bonchev–Trinajstić information content (AvgIpc) is 3.26. The largest absolute Gasteiger partial charge is 0.379 e. The number of aromatic nitrogens is 4. The molecule has 188 valence electrons. The minimum atomic E-state index is -2.65. The summed E-state index contributed by atoms with van der Waals surface area (Å²) in [5.41, 5.74) is 1.86. The molecule has 0 radical (unpaired) electrons. The monoisotopic (exact) mass is 489 g/mol. The van der Waals surface area contributed by atoms with Crippen LogP contribution < -0.4 is 5.56 Å². The summed E-state index contributed by atoms with van der Waals surface area (Å²) in [6.07, 6.45) is 3.59. The zero-order valence-corrected chi connectivity index (χ0v) is 19.6. The van der Waals surface area contributed by atoms with Crippen molar-refractivity contribution in [1.82, 2.24) is 24.6 Å². The topological polar surface area (TPSA) is 76.0 Å². The Morgan fingerprint density at radius 1 is 1.14 bits per heavy atom. The van der Waals surface area contributed by atoms with Gasteiger partial charge >= 0.3 is 0 Å². The van der Waals surface area contributed by atoms with Crippen molar-refractivity contribution < 1.29 is 17.9 Å². The molecule has 2 aliphatic rings. The first-order chi connectivity index (χ1) is 16.9. The standard InChI is InChI=1S/C25H30F3N5O2/c26-19-4-3-17(2-1-9-32-10-12-35-13-11-32)18(14-19)15-22-30-23-21(24(34)31-22)16-29-33(23)20-5-7-25(27,28)8-6-20/h3-4,14,16,20H,1-2,5-13,15H2,(H,30,31,34). The first-order valence-corrected chi connectivity index (χ1v) is 12.3. The maximum Gasteiger partial charge on any atom is 0.262 e. The van der Waals surface area contributed by atoms with Gasteiger partial charge in [-0.25, -0.2) is 22.8 Å². The molecule has 3 aromatic rings. The zero-order valence-electron chi connectivity index (χ0n) is 19.6. The van der Waals surface area contributed by atoms with Crippen molar-refractivity contribution >= 4 is 11.0 Å². The number of hydrogen-bond acceptors (Lipinski definition) is 5. The van der Waals surface area contributed by atoms with E-state index in [2.05, 4.69) is 20.0 Å². The Balaban J connectivity index is 1.35. The molecule has 1 aliphatic heterocycles. The molecule has 0 amide bonds. The number of halogens is 3. The quantitative estimate of drug-likeness (QED) is 0.546. The molecule has 0 bridgehead atoms. The minimum Gasteiger partial charge on any atom is -0.379 e. The normalized spacial score (nSPS) is 19.4. The molecule has 10 heteroatoms. The summed E-state index contributed by atoms with van der Waals surface area (Å²) in [5.74, 6) is -2.58. The second kappa shape index (κ2) is 10.1. The van der Waals surface area contributed by atoms with Crippen molar-refractivity contribution in [3.63, 3.8) is 0 Å². The van der Waals surface area contributed by atoms with Gasteiger partial charge in [0.25, 0.3) is 5.56 Å². The molecular weight excluding hydrogens is 459 g/mol. The summed E-state index contributed by atoms with van der Waals surface area (Å²) >= 11 is 0. The molecule has 0 spiro atoms. The Morgan fingerprint density at radius 2 is 1.91 bits per heavy atom. The van der Waals surface area contributed by atoms with Gasteiger partial charge in [-0.3, -0.25) is 9.69 Å². The zero-order chi connectivity index (χ0) is 24.4. The van der Waals surface area contributed by atoms with Crippen molar-refractivity contribution in [3.8, 4) is 0 Å². The van der Waals surface area contributed by atoms with Crippen LogP contribution in [0.4, 0.5) is 13.2 Å². The fourth-order valence-electron chi connectivity index (χ4n) is 5.10. The fourth-order valence-corrected chi connectivity index (χ4v) is 5.10. The third-order valence-corrected chi connectivity index (χ3v) is 7.10. The number of rotatable bonds is 7. The number of ether oxygens (including phenoxy) is 1. The SMILES string of the molecule is O=c1[nH]c(Cc2cc(F)ccc2CCCN2CCOCC2)nc2c1cnn2C1CCC(F)(F)CC1. The van der Waals surface area contributed by atoms with Crippen LogP contribution in [0.2, 0.25) is 0 Å². The Kier molecular flexibility index (Phi) is 6.93. The Bertz CT molecular complexity index is 1230. The summed E-state index contributed by atoms with van der Waals surface area (Å²) in [6.45, 7) is 4.30. The highest BCUT2D eigenvalue weighted by molar-refractivity contribution is 5.73. The highest BCUT2D eigenvalue weighted by Crippen LogP contribution is 2.38. The first kappa shape index (κ1) is 24.0. The summed E-state index contributed by atoms with van der Waals surface area (Å²) in [7, 11) is 0. The van der Waals surface area contributed by atoms with Crippen LogP contribution >= 0.6 is 0 Å². The van der Waals surface area contributed by atoms with Crippen molar-refractivity contribution in [3.05, 3.63) is 57.5 Å². The van der Waals surface area contributed by atoms with E-state index in [0.29, 0.717) is 16.9 Å². The summed E-state index contributed by atoms with van der Waals surface area (Å²) < 4.78 is 48.4. The van der Waals surface area contributed by atoms with E-state index >= 15 is 0 Å². The molecule has 1 saturated carbocycles. The van der Waals surface area contributed by atoms with E-state index in [-0.39, 0.29) is 49.5 Å². The first-order valence-electron chi connectivity index (χ1n) is 12.3. The number of H-pyrrole nitrogens is 1. The van der Waals surface area contributed by atoms with Crippen LogP contribution in [0.25, 0.3) is 11.0 Å². The van der Waals surface area contributed by atoms with Gasteiger partial charge in [-0.05, 0) is 55.5 Å². The summed E-state index contributed by atoms with van der Waals surface area (Å²) in [4.78, 5) is 22.5. The van der Waals surface area contributed by atoms with Crippen LogP contribution in [0.15, 0.2) is 29.2 Å². The van der Waals surface area contributed by atoms with E-state index in [1.54, 1.807) is 10.7 Å². The summed E-state index contributed by atoms with van der Waals surface area (Å²) in [6, 6.07) is 4.53. The number of aryl methyl sites for hydroxylation is 1. The Labute approximate surface area is 201 Å². The van der Waals surface area contributed by atoms with Crippen LogP contribution in [-0.2, 0) is 17.6 Å². The van der Waals surface area contributed by atoms with Crippen molar-refractivity contribution in [2.75, 3.05) is 32.8 Å². The number of nitrogens with zero attached hydrogens (tertiary/aromatic N) is 4. The molecule has 5 rings (SSSR count). The number of nitrogens with one attached hydrogen (secondary N) is 1. The van der Waals surface area contributed by atoms with Crippen molar-refractivity contribution in [2.45, 2.75) is 56.9 Å². The maximum atomic E-state index is 14.1. The molecule has 3 heterocycles. The number of fused-ring (bicyclic) bond motifs is 1. The molecule has 2 fully saturated rings. The Hall–Kier alpha value is -2.72. The van der Waals surface area contributed by atoms with Gasteiger partial charge in [0.1, 0.15) is 17.0 Å². The van der Waals surface area contributed by atoms with Crippen LogP contribution in [0, 0.1) is 5.82 Å². The van der Waals surface area contributed by atoms with E-state index in [0.717, 1.165) is 56.8 Å². The molecule has 1 N–H and O–H groups in total. The molecule has 1 saturated heterocycles.